The zero-order valence-corrected chi connectivity index (χ0v) is 22.1. The minimum atomic E-state index is -0.0786. The molecule has 0 radical (unpaired) electrons. The summed E-state index contributed by atoms with van der Waals surface area (Å²) in [6.07, 6.45) is 0.728. The zero-order chi connectivity index (χ0) is 26.1. The minimum absolute atomic E-state index is 0.0786. The van der Waals surface area contributed by atoms with E-state index in [1.165, 1.54) is 5.56 Å². The van der Waals surface area contributed by atoms with Gasteiger partial charge in [-0.3, -0.25) is 0 Å². The minimum Gasteiger partial charge on any atom is -0.494 e. The first kappa shape index (κ1) is 24.1. The van der Waals surface area contributed by atoms with E-state index in [4.69, 9.17) is 31.4 Å². The monoisotopic (exact) mass is 518 g/mol. The molecule has 4 aromatic carbocycles. The number of hydrogen-bond acceptors (Lipinski definition) is 5. The molecular formula is C32H27ClN4O. The lowest BCUT2D eigenvalue weighted by atomic mass is 9.97. The molecule has 0 spiro atoms. The summed E-state index contributed by atoms with van der Waals surface area (Å²) in [6.45, 7) is 4.71. The Hall–Kier alpha value is -4.22. The van der Waals surface area contributed by atoms with Crippen LogP contribution in [-0.2, 0) is 0 Å². The molecule has 6 heteroatoms. The second-order valence-electron chi connectivity index (χ2n) is 9.38. The van der Waals surface area contributed by atoms with Crippen LogP contribution in [0.5, 0.6) is 5.75 Å². The van der Waals surface area contributed by atoms with Crippen LogP contribution in [0.1, 0.15) is 36.1 Å². The van der Waals surface area contributed by atoms with Crippen LogP contribution < -0.4 is 9.75 Å². The number of hydrazone groups is 1. The second kappa shape index (κ2) is 10.3. The Morgan fingerprint density at radius 1 is 0.868 bits per heavy atom. The fraction of sp³-hybridized carbons (Fsp3) is 0.156. The lowest BCUT2D eigenvalue weighted by molar-refractivity contribution is 0.339. The number of aromatic nitrogens is 2. The van der Waals surface area contributed by atoms with Crippen molar-refractivity contribution in [2.45, 2.75) is 26.3 Å². The topological polar surface area (TPSA) is 50.6 Å². The summed E-state index contributed by atoms with van der Waals surface area (Å²) in [6, 6.07) is 32.5. The quantitative estimate of drug-likeness (QED) is 0.228. The van der Waals surface area contributed by atoms with E-state index < -0.39 is 0 Å². The van der Waals surface area contributed by atoms with E-state index in [2.05, 4.69) is 49.4 Å². The maximum atomic E-state index is 6.19. The molecule has 1 aromatic heterocycles. The van der Waals surface area contributed by atoms with E-state index in [1.54, 1.807) is 0 Å². The highest BCUT2D eigenvalue weighted by molar-refractivity contribution is 6.30. The zero-order valence-electron chi connectivity index (χ0n) is 21.3. The number of benzene rings is 4. The molecule has 0 saturated heterocycles. The van der Waals surface area contributed by atoms with Crippen LogP contribution in [-0.4, -0.2) is 22.3 Å². The molecule has 0 aliphatic carbocycles. The van der Waals surface area contributed by atoms with E-state index in [9.17, 15) is 0 Å². The first-order valence-corrected chi connectivity index (χ1v) is 13.2. The Labute approximate surface area is 227 Å². The standard InChI is InChI=1S/C32H27ClN4O/c1-3-38-26-11-7-10-24(19-26)30-20-29(23-9-6-8-21(2)18-23)36-37(30)32-34-28-13-5-4-12-27(28)31(35-32)22-14-16-25(33)17-15-22/h4-19,30H,3,20H2,1-2H3. The predicted molar refractivity (Wildman–Crippen MR) is 155 cm³/mol. The van der Waals surface area contributed by atoms with Crippen LogP contribution in [0.25, 0.3) is 22.2 Å². The Morgan fingerprint density at radius 2 is 1.68 bits per heavy atom. The highest BCUT2D eigenvalue weighted by atomic mass is 35.5. The van der Waals surface area contributed by atoms with Crippen molar-refractivity contribution < 1.29 is 4.74 Å². The number of hydrogen-bond donors (Lipinski definition) is 0. The van der Waals surface area contributed by atoms with Gasteiger partial charge >= 0.3 is 0 Å². The van der Waals surface area contributed by atoms with Gasteiger partial charge in [-0.2, -0.15) is 5.10 Å². The van der Waals surface area contributed by atoms with Gasteiger partial charge < -0.3 is 4.74 Å². The van der Waals surface area contributed by atoms with Crippen LogP contribution >= 0.6 is 11.6 Å². The number of rotatable bonds is 6. The van der Waals surface area contributed by atoms with Gasteiger partial charge in [-0.05, 0) is 55.3 Å². The number of aryl methyl sites for hydroxylation is 1. The molecule has 1 aliphatic rings. The molecule has 1 atom stereocenters. The number of para-hydroxylation sites is 1. The summed E-state index contributed by atoms with van der Waals surface area (Å²) in [4.78, 5) is 10.1. The number of anilines is 1. The van der Waals surface area contributed by atoms with Crippen molar-refractivity contribution in [2.75, 3.05) is 11.6 Å². The van der Waals surface area contributed by atoms with E-state index in [0.29, 0.717) is 17.6 Å². The van der Waals surface area contributed by atoms with Crippen molar-refractivity contribution in [1.29, 1.82) is 0 Å². The highest BCUT2D eigenvalue weighted by Gasteiger charge is 2.32. The van der Waals surface area contributed by atoms with Gasteiger partial charge in [0.25, 0.3) is 0 Å². The van der Waals surface area contributed by atoms with Gasteiger partial charge in [0.2, 0.25) is 5.95 Å². The smallest absolute Gasteiger partial charge is 0.247 e. The van der Waals surface area contributed by atoms with Crippen LogP contribution in [0.3, 0.4) is 0 Å². The van der Waals surface area contributed by atoms with Gasteiger partial charge in [-0.25, -0.2) is 15.0 Å². The van der Waals surface area contributed by atoms with Crippen LogP contribution in [0.15, 0.2) is 102 Å². The molecule has 38 heavy (non-hydrogen) atoms. The SMILES string of the molecule is CCOc1cccc(C2CC(c3cccc(C)c3)=NN2c2nc(-c3ccc(Cl)cc3)c3ccccc3n2)c1. The lowest BCUT2D eigenvalue weighted by Crippen LogP contribution is -2.21. The molecule has 2 heterocycles. The number of halogens is 1. The van der Waals surface area contributed by atoms with Crippen molar-refractivity contribution >= 4 is 34.2 Å². The van der Waals surface area contributed by atoms with Crippen molar-refractivity contribution in [3.63, 3.8) is 0 Å². The van der Waals surface area contributed by atoms with E-state index in [0.717, 1.165) is 51.2 Å². The number of ether oxygens (including phenoxy) is 1. The Morgan fingerprint density at radius 3 is 2.50 bits per heavy atom. The van der Waals surface area contributed by atoms with Crippen molar-refractivity contribution in [3.8, 4) is 17.0 Å². The molecule has 0 amide bonds. The molecule has 6 rings (SSSR count). The summed E-state index contributed by atoms with van der Waals surface area (Å²) in [5.74, 6) is 1.40. The normalized spacial score (nSPS) is 15.1. The Bertz CT molecular complexity index is 1650. The van der Waals surface area contributed by atoms with Crippen molar-refractivity contribution in [3.05, 3.63) is 119 Å². The first-order chi connectivity index (χ1) is 18.6. The van der Waals surface area contributed by atoms with Gasteiger partial charge in [0, 0.05) is 22.4 Å². The van der Waals surface area contributed by atoms with E-state index in [-0.39, 0.29) is 6.04 Å². The third kappa shape index (κ3) is 4.73. The molecule has 5 nitrogen and oxygen atoms in total. The number of fused-ring (bicyclic) bond motifs is 1. The fourth-order valence-electron chi connectivity index (χ4n) is 4.93. The Balaban J connectivity index is 1.52. The van der Waals surface area contributed by atoms with Gasteiger partial charge in [0.15, 0.2) is 0 Å². The van der Waals surface area contributed by atoms with Crippen LogP contribution in [0.2, 0.25) is 5.02 Å². The van der Waals surface area contributed by atoms with Crippen LogP contribution in [0, 0.1) is 6.92 Å². The summed E-state index contributed by atoms with van der Waals surface area (Å²) in [5, 5.41) is 8.76. The maximum Gasteiger partial charge on any atom is 0.247 e. The average molecular weight is 519 g/mol. The first-order valence-electron chi connectivity index (χ1n) is 12.8. The van der Waals surface area contributed by atoms with Gasteiger partial charge in [0.1, 0.15) is 5.75 Å². The predicted octanol–water partition coefficient (Wildman–Crippen LogP) is 8.01. The van der Waals surface area contributed by atoms with Crippen molar-refractivity contribution in [2.24, 2.45) is 5.10 Å². The lowest BCUT2D eigenvalue weighted by Gasteiger charge is -2.23. The molecule has 0 fully saturated rings. The van der Waals surface area contributed by atoms with Crippen molar-refractivity contribution in [1.82, 2.24) is 9.97 Å². The van der Waals surface area contributed by atoms with E-state index >= 15 is 0 Å². The van der Waals surface area contributed by atoms with E-state index in [1.807, 2.05) is 66.5 Å². The third-order valence-corrected chi connectivity index (χ3v) is 6.98. The molecule has 0 N–H and O–H groups in total. The molecule has 1 unspecified atom stereocenters. The molecular weight excluding hydrogens is 492 g/mol. The molecule has 5 aromatic rings. The average Bonchev–Trinajstić information content (AvgIpc) is 3.39. The van der Waals surface area contributed by atoms with Gasteiger partial charge in [0.05, 0.1) is 29.6 Å². The molecule has 188 valence electrons. The molecule has 1 aliphatic heterocycles. The maximum absolute atomic E-state index is 6.19. The van der Waals surface area contributed by atoms with Gasteiger partial charge in [-0.15, -0.1) is 0 Å². The molecule has 0 saturated carbocycles. The number of nitrogens with zero attached hydrogens (tertiary/aromatic N) is 4. The Kier molecular flexibility index (Phi) is 6.52. The summed E-state index contributed by atoms with van der Waals surface area (Å²) < 4.78 is 5.82. The van der Waals surface area contributed by atoms with Crippen LogP contribution in [0.4, 0.5) is 5.95 Å². The summed E-state index contributed by atoms with van der Waals surface area (Å²) in [7, 11) is 0. The van der Waals surface area contributed by atoms with Gasteiger partial charge in [-0.1, -0.05) is 83.9 Å². The molecule has 0 bridgehead atoms. The highest BCUT2D eigenvalue weighted by Crippen LogP contribution is 2.38. The largest absolute Gasteiger partial charge is 0.494 e. The summed E-state index contributed by atoms with van der Waals surface area (Å²) in [5.41, 5.74) is 7.11. The summed E-state index contributed by atoms with van der Waals surface area (Å²) >= 11 is 6.19. The second-order valence-corrected chi connectivity index (χ2v) is 9.82. The fourth-order valence-corrected chi connectivity index (χ4v) is 5.05. The third-order valence-electron chi connectivity index (χ3n) is 6.73.